The average Bonchev–Trinajstić information content (AvgIpc) is 3.09. The van der Waals surface area contributed by atoms with Crippen LogP contribution in [0, 0.1) is 0 Å². The van der Waals surface area contributed by atoms with Crippen molar-refractivity contribution in [3.63, 3.8) is 0 Å². The van der Waals surface area contributed by atoms with Crippen LogP contribution in [0.15, 0.2) is 72.8 Å². The zero-order valence-electron chi connectivity index (χ0n) is 31.3. The molecule has 3 aromatic rings. The molecule has 0 unspecified atom stereocenters. The number of halogens is 27. The van der Waals surface area contributed by atoms with E-state index < -0.39 is 133 Å². The van der Waals surface area contributed by atoms with E-state index in [0.717, 1.165) is 0 Å². The average molecular weight is 1030 g/mol. The molecule has 3 rings (SSSR count). The fraction of sp³-hybridized carbons (Fsp3) is 0.455. The van der Waals surface area contributed by atoms with Gasteiger partial charge in [-0.05, 0) is 36.4 Å². The summed E-state index contributed by atoms with van der Waals surface area (Å²) >= 11 is 0. The number of hydrogen-bond donors (Lipinski definition) is 0. The summed E-state index contributed by atoms with van der Waals surface area (Å²) in [5.41, 5.74) is -23.8. The molecule has 34 heteroatoms. The van der Waals surface area contributed by atoms with Crippen molar-refractivity contribution in [3.05, 3.63) is 89.5 Å². The molecule has 0 radical (unpaired) electrons. The van der Waals surface area contributed by atoms with Gasteiger partial charge in [0, 0.05) is 16.7 Å². The zero-order valence-corrected chi connectivity index (χ0v) is 31.3. The summed E-state index contributed by atoms with van der Waals surface area (Å²) < 4.78 is 391. The maximum Gasteiger partial charge on any atom is 0.864 e. The predicted octanol–water partition coefficient (Wildman–Crippen LogP) is 12.9. The highest BCUT2D eigenvalue weighted by molar-refractivity contribution is 6.39. The molecule has 0 saturated heterocycles. The lowest BCUT2D eigenvalue weighted by Gasteiger charge is -2.37. The van der Waals surface area contributed by atoms with Crippen LogP contribution < -0.4 is 14.0 Å². The van der Waals surface area contributed by atoms with Crippen LogP contribution in [0.2, 0.25) is 0 Å². The van der Waals surface area contributed by atoms with Crippen LogP contribution in [0.25, 0.3) is 0 Å². The Bertz CT molecular complexity index is 1780. The van der Waals surface area contributed by atoms with Gasteiger partial charge in [-0.2, -0.15) is 119 Å². The first-order valence-electron chi connectivity index (χ1n) is 16.7. The second-order valence-electron chi connectivity index (χ2n) is 13.0. The van der Waals surface area contributed by atoms with Gasteiger partial charge in [0.15, 0.2) is 0 Å². The van der Waals surface area contributed by atoms with Crippen molar-refractivity contribution < 1.29 is 147 Å². The molecule has 67 heavy (non-hydrogen) atoms. The molecule has 3 aromatic carbocycles. The van der Waals surface area contributed by atoms with Crippen molar-refractivity contribution in [3.8, 4) is 17.2 Å². The van der Waals surface area contributed by atoms with Crippen LogP contribution >= 0.6 is 0 Å². The minimum Gasteiger partial charge on any atom is -0.490 e. The van der Waals surface area contributed by atoms with Gasteiger partial charge in [-0.3, -0.25) is 0 Å². The number of ether oxygens (including phenoxy) is 3. The molecule has 0 aliphatic rings. The smallest absolute Gasteiger partial charge is 0.490 e. The van der Waals surface area contributed by atoms with Gasteiger partial charge in [0.25, 0.3) is 16.8 Å². The third-order valence-corrected chi connectivity index (χ3v) is 8.23. The molecule has 0 aliphatic carbocycles. The monoisotopic (exact) mass is 1030 g/mol. The second kappa shape index (κ2) is 18.5. The van der Waals surface area contributed by atoms with E-state index in [0.29, 0.717) is 0 Å². The number of benzene rings is 3. The summed E-state index contributed by atoms with van der Waals surface area (Å²) in [6, 6.07) is -1.25. The summed E-state index contributed by atoms with van der Waals surface area (Å²) in [6.45, 7) is -9.52. The largest absolute Gasteiger partial charge is 0.864 e. The van der Waals surface area contributed by atoms with Gasteiger partial charge in [-0.15, -0.1) is 0 Å². The maximum atomic E-state index is 13.9. The molecule has 6 nitrogen and oxygen atoms in total. The Balaban J connectivity index is 2.20. The highest BCUT2D eigenvalue weighted by atomic mass is 19.5. The Kier molecular flexibility index (Phi) is 15.6. The van der Waals surface area contributed by atoms with Crippen LogP contribution in [-0.2, 0) is 31.0 Å². The van der Waals surface area contributed by atoms with E-state index >= 15 is 0 Å². The molecule has 0 aromatic heterocycles. The topological polar surface area (TPSA) is 55.4 Å². The Morgan fingerprint density at radius 3 is 0.567 bits per heavy atom. The molecule has 0 N–H and O–H groups in total. The predicted molar refractivity (Wildman–Crippen MR) is 164 cm³/mol. The standard InChI is InChI=1S/C33H18BF27O6/c35-22(36,37)13-62-25(28(44,45)46,29(47,48)49)16-1-7-19(8-2-16)65-34(66-20-9-3-17(4-10-20)26(30(50,51)52,31(53,54)55)63-14-23(38,39)40)67-21-11-5-18(6-12-21)27(32(56,57)58,33(59,60)61)64-15-24(41,42)43/h1-12H,13-15H2. The molecule has 0 spiro atoms. The lowest BCUT2D eigenvalue weighted by Crippen LogP contribution is -2.57. The summed E-state index contributed by atoms with van der Waals surface area (Å²) in [5, 5.41) is 0. The Hall–Kier alpha value is -4.89. The quantitative estimate of drug-likeness (QED) is 0.112. The molecule has 0 amide bonds. The van der Waals surface area contributed by atoms with Crippen LogP contribution in [0.5, 0.6) is 17.2 Å². The van der Waals surface area contributed by atoms with Crippen LogP contribution in [-0.4, -0.2) is 82.7 Å². The first-order chi connectivity index (χ1) is 29.8. The third kappa shape index (κ3) is 12.6. The van der Waals surface area contributed by atoms with Crippen LogP contribution in [0.4, 0.5) is 119 Å². The molecular weight excluding hydrogens is 1020 g/mol. The minimum atomic E-state index is -6.74. The summed E-state index contributed by atoms with van der Waals surface area (Å²) in [6.07, 6.45) is -57.9. The van der Waals surface area contributed by atoms with Crippen molar-refractivity contribution in [2.75, 3.05) is 19.8 Å². The van der Waals surface area contributed by atoms with Crippen LogP contribution in [0.1, 0.15) is 16.7 Å². The molecule has 0 heterocycles. The lowest BCUT2D eigenvalue weighted by molar-refractivity contribution is -0.401. The molecule has 378 valence electrons. The van der Waals surface area contributed by atoms with Crippen molar-refractivity contribution in [2.45, 2.75) is 72.4 Å². The van der Waals surface area contributed by atoms with Gasteiger partial charge in [0.2, 0.25) is 0 Å². The van der Waals surface area contributed by atoms with E-state index in [1.807, 2.05) is 0 Å². The van der Waals surface area contributed by atoms with Crippen molar-refractivity contribution >= 4 is 7.32 Å². The van der Waals surface area contributed by atoms with E-state index in [1.165, 1.54) is 0 Å². The van der Waals surface area contributed by atoms with E-state index in [2.05, 4.69) is 14.2 Å². The minimum absolute atomic E-state index is 0.0441. The first kappa shape index (κ1) is 56.4. The fourth-order valence-electron chi connectivity index (χ4n) is 5.49. The van der Waals surface area contributed by atoms with Crippen molar-refractivity contribution in [1.82, 2.24) is 0 Å². The first-order valence-corrected chi connectivity index (χ1v) is 16.7. The van der Waals surface area contributed by atoms with Gasteiger partial charge in [0.05, 0.1) is 0 Å². The van der Waals surface area contributed by atoms with Crippen molar-refractivity contribution in [2.24, 2.45) is 0 Å². The second-order valence-corrected chi connectivity index (χ2v) is 13.0. The van der Waals surface area contributed by atoms with Gasteiger partial charge in [-0.1, -0.05) is 36.4 Å². The summed E-state index contributed by atoms with van der Waals surface area (Å²) in [5.74, 6) is -3.46. The highest BCUT2D eigenvalue weighted by Crippen LogP contribution is 2.56. The molecular formula is C33H18BF27O6. The lowest BCUT2D eigenvalue weighted by atomic mass is 9.91. The molecule has 0 aliphatic heterocycles. The SMILES string of the molecule is FC(F)(F)COC(c1ccc(OB(Oc2ccc(C(OCC(F)(F)F)(C(F)(F)F)C(F)(F)F)cc2)Oc2ccc(C(OCC(F)(F)F)(C(F)(F)F)C(F)(F)F)cc2)cc1)(C(F)(F)F)C(F)(F)F. The number of rotatable bonds is 15. The molecule has 0 fully saturated rings. The van der Waals surface area contributed by atoms with Gasteiger partial charge in [0.1, 0.15) is 37.1 Å². The van der Waals surface area contributed by atoms with E-state index in [1.54, 1.807) is 0 Å². The number of alkyl halides is 27. The number of hydrogen-bond acceptors (Lipinski definition) is 6. The molecule has 0 atom stereocenters. The highest BCUT2D eigenvalue weighted by Gasteiger charge is 2.76. The molecule has 0 bridgehead atoms. The van der Waals surface area contributed by atoms with Crippen LogP contribution in [0.3, 0.4) is 0 Å². The van der Waals surface area contributed by atoms with Crippen molar-refractivity contribution in [1.29, 1.82) is 0 Å². The van der Waals surface area contributed by atoms with Gasteiger partial charge >= 0.3 is 62.9 Å². The zero-order chi connectivity index (χ0) is 51.9. The van der Waals surface area contributed by atoms with Gasteiger partial charge in [-0.25, -0.2) is 0 Å². The fourth-order valence-corrected chi connectivity index (χ4v) is 5.49. The third-order valence-electron chi connectivity index (χ3n) is 8.23. The molecule has 0 saturated carbocycles. The summed E-state index contributed by atoms with van der Waals surface area (Å²) in [4.78, 5) is 0. The maximum absolute atomic E-state index is 13.9. The normalized spacial score (nSPS) is 14.6. The Morgan fingerprint density at radius 1 is 0.269 bits per heavy atom. The Labute approximate surface area is 353 Å². The van der Waals surface area contributed by atoms with E-state index in [-0.39, 0.29) is 72.8 Å². The van der Waals surface area contributed by atoms with E-state index in [4.69, 9.17) is 14.0 Å². The Morgan fingerprint density at radius 2 is 0.433 bits per heavy atom. The summed E-state index contributed by atoms with van der Waals surface area (Å²) in [7, 11) is -2.91. The van der Waals surface area contributed by atoms with Gasteiger partial charge < -0.3 is 28.2 Å². The van der Waals surface area contributed by atoms with E-state index in [9.17, 15) is 119 Å².